The molecule has 1 aliphatic carbocycles. The number of urea groups is 1. The highest BCUT2D eigenvalue weighted by Crippen LogP contribution is 2.28. The lowest BCUT2D eigenvalue weighted by Crippen LogP contribution is -2.45. The van der Waals surface area contributed by atoms with Crippen molar-refractivity contribution in [1.82, 2.24) is 10.6 Å². The number of aliphatic hydroxyl groups is 1. The van der Waals surface area contributed by atoms with Gasteiger partial charge in [-0.15, -0.1) is 0 Å². The molecule has 0 radical (unpaired) electrons. The molecule has 4 heteroatoms. The highest BCUT2D eigenvalue weighted by molar-refractivity contribution is 5.74. The number of hydrogen-bond acceptors (Lipinski definition) is 2. The zero-order valence-corrected chi connectivity index (χ0v) is 13.0. The molecular weight excluding hydrogens is 264 g/mol. The van der Waals surface area contributed by atoms with Crippen LogP contribution >= 0.6 is 0 Å². The summed E-state index contributed by atoms with van der Waals surface area (Å²) >= 11 is 0. The maximum absolute atomic E-state index is 11.8. The molecule has 1 unspecified atom stereocenters. The van der Waals surface area contributed by atoms with E-state index >= 15 is 0 Å². The number of carbonyl (C=O) groups is 1. The van der Waals surface area contributed by atoms with Gasteiger partial charge in [0.2, 0.25) is 0 Å². The first-order valence-electron chi connectivity index (χ1n) is 7.79. The monoisotopic (exact) mass is 290 g/mol. The van der Waals surface area contributed by atoms with Gasteiger partial charge in [0.1, 0.15) is 0 Å². The van der Waals surface area contributed by atoms with Gasteiger partial charge in [-0.05, 0) is 31.2 Å². The molecule has 1 aromatic rings. The first kappa shape index (κ1) is 15.8. The number of carbonyl (C=O) groups excluding carboxylic acids is 1. The molecule has 0 aromatic heterocycles. The van der Waals surface area contributed by atoms with Gasteiger partial charge in [0.05, 0.1) is 5.60 Å². The Morgan fingerprint density at radius 2 is 2.05 bits per heavy atom. The Bertz CT molecular complexity index is 481. The predicted molar refractivity (Wildman–Crippen MR) is 84.4 cm³/mol. The molecule has 4 nitrogen and oxygen atoms in total. The Kier molecular flexibility index (Phi) is 5.23. The van der Waals surface area contributed by atoms with Crippen molar-refractivity contribution in [2.24, 2.45) is 0 Å². The van der Waals surface area contributed by atoms with Crippen molar-refractivity contribution in [2.45, 2.75) is 51.0 Å². The highest BCUT2D eigenvalue weighted by atomic mass is 16.3. The maximum atomic E-state index is 11.8. The minimum absolute atomic E-state index is 0.199. The number of amides is 2. The topological polar surface area (TPSA) is 61.4 Å². The van der Waals surface area contributed by atoms with E-state index in [4.69, 9.17) is 0 Å². The van der Waals surface area contributed by atoms with Crippen LogP contribution in [0.25, 0.3) is 0 Å². The van der Waals surface area contributed by atoms with E-state index in [0.717, 1.165) is 25.7 Å². The molecule has 3 N–H and O–H groups in total. The molecule has 2 amide bonds. The molecule has 0 spiro atoms. The largest absolute Gasteiger partial charge is 0.388 e. The van der Waals surface area contributed by atoms with Gasteiger partial charge >= 0.3 is 6.03 Å². The van der Waals surface area contributed by atoms with Crippen molar-refractivity contribution < 1.29 is 9.90 Å². The van der Waals surface area contributed by atoms with Crippen molar-refractivity contribution in [1.29, 1.82) is 0 Å². The van der Waals surface area contributed by atoms with Gasteiger partial charge in [-0.2, -0.15) is 0 Å². The van der Waals surface area contributed by atoms with Gasteiger partial charge < -0.3 is 15.7 Å². The molecule has 1 fully saturated rings. The van der Waals surface area contributed by atoms with E-state index in [1.165, 1.54) is 11.1 Å². The Morgan fingerprint density at radius 3 is 2.71 bits per heavy atom. The lowest BCUT2D eigenvalue weighted by atomic mass is 9.99. The van der Waals surface area contributed by atoms with Crippen LogP contribution in [0.5, 0.6) is 0 Å². The predicted octanol–water partition coefficient (Wildman–Crippen LogP) is 2.70. The molecule has 1 atom stereocenters. The number of aryl methyl sites for hydroxylation is 1. The van der Waals surface area contributed by atoms with Crippen molar-refractivity contribution in [2.75, 3.05) is 13.1 Å². The second-order valence-corrected chi connectivity index (χ2v) is 6.31. The first-order chi connectivity index (χ1) is 9.98. The summed E-state index contributed by atoms with van der Waals surface area (Å²) in [5, 5.41) is 15.8. The zero-order valence-electron chi connectivity index (χ0n) is 13.0. The fourth-order valence-electron chi connectivity index (χ4n) is 2.86. The van der Waals surface area contributed by atoms with Crippen LogP contribution in [0.3, 0.4) is 0 Å². The first-order valence-corrected chi connectivity index (χ1v) is 7.79. The van der Waals surface area contributed by atoms with Crippen molar-refractivity contribution in [3.63, 3.8) is 0 Å². The third kappa shape index (κ3) is 4.74. The summed E-state index contributed by atoms with van der Waals surface area (Å²) in [7, 11) is 0. The molecule has 0 aliphatic heterocycles. The van der Waals surface area contributed by atoms with E-state index in [-0.39, 0.29) is 11.9 Å². The van der Waals surface area contributed by atoms with E-state index in [1.54, 1.807) is 0 Å². The lowest BCUT2D eigenvalue weighted by Gasteiger charge is -2.22. The van der Waals surface area contributed by atoms with Gasteiger partial charge in [-0.25, -0.2) is 4.79 Å². The van der Waals surface area contributed by atoms with Crippen LogP contribution in [0, 0.1) is 6.92 Å². The summed E-state index contributed by atoms with van der Waals surface area (Å²) < 4.78 is 0. The number of benzene rings is 1. The molecule has 0 saturated heterocycles. The summed E-state index contributed by atoms with van der Waals surface area (Å²) in [6.45, 7) is 5.10. The van der Waals surface area contributed by atoms with E-state index in [9.17, 15) is 9.90 Å². The summed E-state index contributed by atoms with van der Waals surface area (Å²) in [5.74, 6) is 0.269. The normalized spacial score (nSPS) is 18.2. The van der Waals surface area contributed by atoms with Crippen molar-refractivity contribution in [3.05, 3.63) is 35.4 Å². The molecule has 116 valence electrons. The Labute approximate surface area is 126 Å². The van der Waals surface area contributed by atoms with Gasteiger partial charge in [0, 0.05) is 13.1 Å². The highest BCUT2D eigenvalue weighted by Gasteiger charge is 2.31. The quantitative estimate of drug-likeness (QED) is 0.781. The second-order valence-electron chi connectivity index (χ2n) is 6.31. The Hall–Kier alpha value is -1.55. The maximum Gasteiger partial charge on any atom is 0.314 e. The van der Waals surface area contributed by atoms with E-state index in [2.05, 4.69) is 42.7 Å². The van der Waals surface area contributed by atoms with Crippen LogP contribution in [0.1, 0.15) is 49.7 Å². The van der Waals surface area contributed by atoms with Crippen molar-refractivity contribution >= 4 is 6.03 Å². The molecule has 0 heterocycles. The standard InChI is InChI=1S/C17H26N2O2/c1-13-6-5-7-15(10-13)14(2)11-18-16(20)19-12-17(21)8-3-4-9-17/h5-7,10,14,21H,3-4,8-9,11-12H2,1-2H3,(H2,18,19,20). The van der Waals surface area contributed by atoms with Crippen LogP contribution in [-0.2, 0) is 0 Å². The summed E-state index contributed by atoms with van der Waals surface area (Å²) in [5.41, 5.74) is 1.76. The molecule has 1 aromatic carbocycles. The van der Waals surface area contributed by atoms with Crippen LogP contribution in [0.4, 0.5) is 4.79 Å². The molecule has 21 heavy (non-hydrogen) atoms. The second kappa shape index (κ2) is 6.94. The average Bonchev–Trinajstić information content (AvgIpc) is 2.90. The minimum Gasteiger partial charge on any atom is -0.388 e. The number of hydrogen-bond donors (Lipinski definition) is 3. The average molecular weight is 290 g/mol. The zero-order chi connectivity index (χ0) is 15.3. The van der Waals surface area contributed by atoms with E-state index in [0.29, 0.717) is 13.1 Å². The van der Waals surface area contributed by atoms with Gasteiger partial charge in [-0.3, -0.25) is 0 Å². The van der Waals surface area contributed by atoms with Gasteiger partial charge in [-0.1, -0.05) is 49.6 Å². The molecule has 2 rings (SSSR count). The van der Waals surface area contributed by atoms with E-state index in [1.807, 2.05) is 6.07 Å². The van der Waals surface area contributed by atoms with Crippen LogP contribution in [0.2, 0.25) is 0 Å². The summed E-state index contributed by atoms with van der Waals surface area (Å²) in [6, 6.07) is 8.13. The summed E-state index contributed by atoms with van der Waals surface area (Å²) in [6.07, 6.45) is 3.66. The third-order valence-electron chi connectivity index (χ3n) is 4.29. The lowest BCUT2D eigenvalue weighted by molar-refractivity contribution is 0.0501. The fraction of sp³-hybridized carbons (Fsp3) is 0.588. The van der Waals surface area contributed by atoms with Crippen molar-refractivity contribution in [3.8, 4) is 0 Å². The molecular formula is C17H26N2O2. The Morgan fingerprint density at radius 1 is 1.33 bits per heavy atom. The Balaban J connectivity index is 1.73. The molecule has 1 saturated carbocycles. The minimum atomic E-state index is -0.695. The fourth-order valence-corrected chi connectivity index (χ4v) is 2.86. The smallest absolute Gasteiger partial charge is 0.314 e. The summed E-state index contributed by atoms with van der Waals surface area (Å²) in [4.78, 5) is 11.8. The van der Waals surface area contributed by atoms with E-state index < -0.39 is 5.60 Å². The van der Waals surface area contributed by atoms with Crippen LogP contribution in [-0.4, -0.2) is 29.8 Å². The number of rotatable bonds is 5. The van der Waals surface area contributed by atoms with Crippen LogP contribution < -0.4 is 10.6 Å². The molecule has 1 aliphatic rings. The third-order valence-corrected chi connectivity index (χ3v) is 4.29. The number of nitrogens with one attached hydrogen (secondary N) is 2. The SMILES string of the molecule is Cc1cccc(C(C)CNC(=O)NCC2(O)CCCC2)c1. The van der Waals surface area contributed by atoms with Gasteiger partial charge in [0.15, 0.2) is 0 Å². The van der Waals surface area contributed by atoms with Crippen LogP contribution in [0.15, 0.2) is 24.3 Å². The molecule has 0 bridgehead atoms. The van der Waals surface area contributed by atoms with Gasteiger partial charge in [0.25, 0.3) is 0 Å².